The smallest absolute Gasteiger partial charge is 0.212 e. The molecule has 2 N–H and O–H groups in total. The summed E-state index contributed by atoms with van der Waals surface area (Å²) in [6, 6.07) is 3.80. The third-order valence-corrected chi connectivity index (χ3v) is 3.48. The molecule has 3 aromatic heterocycles. The number of ether oxygens (including phenoxy) is 1. The van der Waals surface area contributed by atoms with E-state index in [-0.39, 0.29) is 0 Å². The largest absolute Gasteiger partial charge is 0.481 e. The zero-order valence-electron chi connectivity index (χ0n) is 12.4. The van der Waals surface area contributed by atoms with Gasteiger partial charge in [-0.2, -0.15) is 5.10 Å². The summed E-state index contributed by atoms with van der Waals surface area (Å²) in [4.78, 5) is 8.64. The number of nitrogens with two attached hydrogens (primary N) is 1. The molecule has 3 aromatic rings. The Kier molecular flexibility index (Phi) is 3.25. The minimum atomic E-state index is 0.489. The van der Waals surface area contributed by atoms with E-state index in [4.69, 9.17) is 10.5 Å². The van der Waals surface area contributed by atoms with Crippen LogP contribution in [0.3, 0.4) is 0 Å². The minimum absolute atomic E-state index is 0.489. The van der Waals surface area contributed by atoms with Crippen molar-refractivity contribution in [1.29, 1.82) is 0 Å². The lowest BCUT2D eigenvalue weighted by atomic mass is 10.3. The molecule has 7 nitrogen and oxygen atoms in total. The average Bonchev–Trinajstić information content (AvgIpc) is 2.98. The van der Waals surface area contributed by atoms with Gasteiger partial charge in [-0.1, -0.05) is 6.07 Å². The van der Waals surface area contributed by atoms with Gasteiger partial charge in [0.05, 0.1) is 19.3 Å². The Morgan fingerprint density at radius 3 is 2.76 bits per heavy atom. The number of methoxy groups -OCH3 is 1. The van der Waals surface area contributed by atoms with Crippen molar-refractivity contribution in [2.45, 2.75) is 26.9 Å². The Morgan fingerprint density at radius 2 is 2.14 bits per heavy atom. The zero-order chi connectivity index (χ0) is 15.0. The lowest BCUT2D eigenvalue weighted by Crippen LogP contribution is -2.09. The number of pyridine rings is 1. The first-order valence-electron chi connectivity index (χ1n) is 6.82. The molecule has 7 heteroatoms. The van der Waals surface area contributed by atoms with E-state index in [0.29, 0.717) is 18.4 Å². The van der Waals surface area contributed by atoms with Crippen LogP contribution in [0, 0.1) is 6.92 Å². The minimum Gasteiger partial charge on any atom is -0.481 e. The predicted octanol–water partition coefficient (Wildman–Crippen LogP) is 1.60. The summed E-state index contributed by atoms with van der Waals surface area (Å²) in [5.74, 6) is 1.08. The molecule has 0 saturated carbocycles. The van der Waals surface area contributed by atoms with E-state index in [1.54, 1.807) is 13.3 Å². The van der Waals surface area contributed by atoms with Gasteiger partial charge in [-0.25, -0.2) is 14.6 Å². The molecule has 21 heavy (non-hydrogen) atoms. The van der Waals surface area contributed by atoms with Gasteiger partial charge in [0.25, 0.3) is 0 Å². The number of rotatable bonds is 4. The topological polar surface area (TPSA) is 83.8 Å². The maximum Gasteiger partial charge on any atom is 0.212 e. The molecule has 3 rings (SSSR count). The van der Waals surface area contributed by atoms with Gasteiger partial charge in [0.15, 0.2) is 5.65 Å². The molecule has 0 aliphatic rings. The number of aromatic nitrogens is 5. The van der Waals surface area contributed by atoms with Crippen LogP contribution in [-0.4, -0.2) is 31.4 Å². The van der Waals surface area contributed by atoms with Crippen LogP contribution in [-0.2, 0) is 13.1 Å². The van der Waals surface area contributed by atoms with Crippen molar-refractivity contribution in [2.75, 3.05) is 12.8 Å². The molecule has 0 aliphatic heterocycles. The Balaban J connectivity index is 2.04. The lowest BCUT2D eigenvalue weighted by molar-refractivity contribution is 0.397. The summed E-state index contributed by atoms with van der Waals surface area (Å²) in [6.45, 7) is 5.37. The summed E-state index contributed by atoms with van der Waals surface area (Å²) in [7, 11) is 1.60. The molecule has 0 amide bonds. The van der Waals surface area contributed by atoms with Crippen molar-refractivity contribution < 1.29 is 4.74 Å². The second kappa shape index (κ2) is 5.08. The summed E-state index contributed by atoms with van der Waals surface area (Å²) in [5.41, 5.74) is 9.79. The molecule has 3 heterocycles. The molecule has 0 atom stereocenters. The van der Waals surface area contributed by atoms with Gasteiger partial charge in [-0.05, 0) is 19.4 Å². The van der Waals surface area contributed by atoms with Crippen molar-refractivity contribution in [3.63, 3.8) is 0 Å². The van der Waals surface area contributed by atoms with E-state index < -0.39 is 0 Å². The number of hydrogen-bond acceptors (Lipinski definition) is 5. The van der Waals surface area contributed by atoms with Crippen molar-refractivity contribution >= 4 is 17.1 Å². The van der Waals surface area contributed by atoms with E-state index in [2.05, 4.69) is 15.1 Å². The van der Waals surface area contributed by atoms with Gasteiger partial charge in [-0.15, -0.1) is 0 Å². The highest BCUT2D eigenvalue weighted by atomic mass is 16.5. The lowest BCUT2D eigenvalue weighted by Gasteiger charge is -2.08. The van der Waals surface area contributed by atoms with Gasteiger partial charge in [0.1, 0.15) is 5.52 Å². The number of aryl methyl sites for hydroxylation is 2. The Labute approximate surface area is 122 Å². The standard InChI is InChI=1S/C14H18N6O/c1-4-20-13-12(9(2)18-20)17-14(15)19(13)8-10-5-6-11(21-3)16-7-10/h5-7H,4,8H2,1-3H3,(H2,15,17). The predicted molar refractivity (Wildman–Crippen MR) is 80.2 cm³/mol. The normalized spacial score (nSPS) is 11.2. The highest BCUT2D eigenvalue weighted by Gasteiger charge is 2.16. The maximum absolute atomic E-state index is 6.06. The van der Waals surface area contributed by atoms with Crippen molar-refractivity contribution in [1.82, 2.24) is 24.3 Å². The summed E-state index contributed by atoms with van der Waals surface area (Å²) in [5, 5.41) is 4.48. The van der Waals surface area contributed by atoms with Gasteiger partial charge >= 0.3 is 0 Å². The molecule has 0 aromatic carbocycles. The first-order valence-corrected chi connectivity index (χ1v) is 6.82. The number of imidazole rings is 1. The van der Waals surface area contributed by atoms with Crippen LogP contribution >= 0.6 is 0 Å². The highest BCUT2D eigenvalue weighted by molar-refractivity contribution is 5.77. The van der Waals surface area contributed by atoms with Crippen molar-refractivity contribution in [2.24, 2.45) is 0 Å². The quantitative estimate of drug-likeness (QED) is 0.787. The van der Waals surface area contributed by atoms with Crippen LogP contribution in [0.5, 0.6) is 5.88 Å². The second-order valence-corrected chi connectivity index (χ2v) is 4.84. The SMILES string of the molecule is CCn1nc(C)c2nc(N)n(Cc3ccc(OC)nc3)c21. The van der Waals surface area contributed by atoms with Gasteiger partial charge in [0, 0.05) is 18.8 Å². The van der Waals surface area contributed by atoms with E-state index in [0.717, 1.165) is 29.0 Å². The number of hydrogen-bond donors (Lipinski definition) is 1. The monoisotopic (exact) mass is 286 g/mol. The maximum atomic E-state index is 6.06. The Morgan fingerprint density at radius 1 is 1.33 bits per heavy atom. The molecule has 110 valence electrons. The first kappa shape index (κ1) is 13.4. The van der Waals surface area contributed by atoms with E-state index in [1.165, 1.54) is 0 Å². The average molecular weight is 286 g/mol. The number of nitrogens with zero attached hydrogens (tertiary/aromatic N) is 5. The van der Waals surface area contributed by atoms with Crippen LogP contribution in [0.25, 0.3) is 11.2 Å². The van der Waals surface area contributed by atoms with Crippen LogP contribution in [0.1, 0.15) is 18.2 Å². The van der Waals surface area contributed by atoms with Crippen LogP contribution in [0.15, 0.2) is 18.3 Å². The van der Waals surface area contributed by atoms with E-state index >= 15 is 0 Å². The van der Waals surface area contributed by atoms with Gasteiger partial charge < -0.3 is 10.5 Å². The first-order chi connectivity index (χ1) is 10.1. The Hall–Kier alpha value is -2.57. The molecule has 0 radical (unpaired) electrons. The number of nitrogen functional groups attached to an aromatic ring is 1. The van der Waals surface area contributed by atoms with Gasteiger partial charge in [0.2, 0.25) is 11.8 Å². The summed E-state index contributed by atoms with van der Waals surface area (Å²) in [6.07, 6.45) is 1.78. The number of fused-ring (bicyclic) bond motifs is 1. The molecule has 0 aliphatic carbocycles. The second-order valence-electron chi connectivity index (χ2n) is 4.84. The summed E-state index contributed by atoms with van der Waals surface area (Å²) >= 11 is 0. The fraction of sp³-hybridized carbons (Fsp3) is 0.357. The fourth-order valence-corrected chi connectivity index (χ4v) is 2.43. The van der Waals surface area contributed by atoms with Crippen LogP contribution < -0.4 is 10.5 Å². The van der Waals surface area contributed by atoms with Gasteiger partial charge in [-0.3, -0.25) is 4.57 Å². The van der Waals surface area contributed by atoms with Crippen LogP contribution in [0.4, 0.5) is 5.95 Å². The van der Waals surface area contributed by atoms with E-state index in [1.807, 2.05) is 35.2 Å². The zero-order valence-corrected chi connectivity index (χ0v) is 12.4. The molecule has 0 unspecified atom stereocenters. The molecule has 0 saturated heterocycles. The molecule has 0 bridgehead atoms. The molecule has 0 fully saturated rings. The van der Waals surface area contributed by atoms with Crippen LogP contribution in [0.2, 0.25) is 0 Å². The van der Waals surface area contributed by atoms with Crippen molar-refractivity contribution in [3.05, 3.63) is 29.6 Å². The van der Waals surface area contributed by atoms with Crippen molar-refractivity contribution in [3.8, 4) is 5.88 Å². The number of anilines is 1. The molecular weight excluding hydrogens is 268 g/mol. The molecular formula is C14H18N6O. The molecule has 0 spiro atoms. The third-order valence-electron chi connectivity index (χ3n) is 3.48. The Bertz CT molecular complexity index is 771. The summed E-state index contributed by atoms with van der Waals surface area (Å²) < 4.78 is 8.95. The fourth-order valence-electron chi connectivity index (χ4n) is 2.43. The highest BCUT2D eigenvalue weighted by Crippen LogP contribution is 2.22. The van der Waals surface area contributed by atoms with E-state index in [9.17, 15) is 0 Å². The third kappa shape index (κ3) is 2.20.